The molecule has 0 heterocycles. The van der Waals surface area contributed by atoms with Crippen molar-refractivity contribution in [3.8, 4) is 0 Å². The van der Waals surface area contributed by atoms with Crippen molar-refractivity contribution in [2.75, 3.05) is 6.54 Å². The van der Waals surface area contributed by atoms with Crippen LogP contribution in [-0.4, -0.2) is 28.6 Å². The van der Waals surface area contributed by atoms with Crippen molar-refractivity contribution in [3.63, 3.8) is 0 Å². The van der Waals surface area contributed by atoms with E-state index in [9.17, 15) is 9.18 Å². The standard InChI is InChI=1S/C15H22FNO2/c1-12(2)17(10-6-5-9-15(18)19)11-13-7-3-4-8-14(13)16/h3-4,7-8,12H,5-6,9-11H2,1-2H3,(H,18,19). The summed E-state index contributed by atoms with van der Waals surface area (Å²) in [5.74, 6) is -0.941. The molecular formula is C15H22FNO2. The minimum Gasteiger partial charge on any atom is -0.481 e. The maximum Gasteiger partial charge on any atom is 0.303 e. The molecule has 0 saturated carbocycles. The van der Waals surface area contributed by atoms with Crippen molar-refractivity contribution < 1.29 is 14.3 Å². The molecular weight excluding hydrogens is 245 g/mol. The highest BCUT2D eigenvalue weighted by molar-refractivity contribution is 5.66. The Morgan fingerprint density at radius 3 is 2.58 bits per heavy atom. The molecule has 106 valence electrons. The fourth-order valence-corrected chi connectivity index (χ4v) is 1.96. The number of hydrogen-bond acceptors (Lipinski definition) is 2. The summed E-state index contributed by atoms with van der Waals surface area (Å²) in [4.78, 5) is 12.6. The Bertz CT molecular complexity index is 407. The highest BCUT2D eigenvalue weighted by atomic mass is 19.1. The van der Waals surface area contributed by atoms with Crippen LogP contribution in [0.2, 0.25) is 0 Å². The molecule has 4 heteroatoms. The summed E-state index contributed by atoms with van der Waals surface area (Å²) < 4.78 is 13.6. The van der Waals surface area contributed by atoms with Gasteiger partial charge in [0.15, 0.2) is 0 Å². The molecule has 0 amide bonds. The molecule has 0 aliphatic rings. The zero-order valence-corrected chi connectivity index (χ0v) is 11.6. The highest BCUT2D eigenvalue weighted by Gasteiger charge is 2.12. The highest BCUT2D eigenvalue weighted by Crippen LogP contribution is 2.13. The van der Waals surface area contributed by atoms with E-state index in [4.69, 9.17) is 5.11 Å². The molecule has 0 bridgehead atoms. The van der Waals surface area contributed by atoms with Gasteiger partial charge in [0.25, 0.3) is 0 Å². The fraction of sp³-hybridized carbons (Fsp3) is 0.533. The maximum atomic E-state index is 13.6. The molecule has 0 aromatic heterocycles. The zero-order chi connectivity index (χ0) is 14.3. The van der Waals surface area contributed by atoms with Gasteiger partial charge < -0.3 is 5.11 Å². The topological polar surface area (TPSA) is 40.5 Å². The Hall–Kier alpha value is -1.42. The first-order chi connectivity index (χ1) is 9.00. The molecule has 1 aromatic rings. The molecule has 1 aromatic carbocycles. The molecule has 0 atom stereocenters. The van der Waals surface area contributed by atoms with E-state index >= 15 is 0 Å². The molecule has 19 heavy (non-hydrogen) atoms. The number of benzene rings is 1. The van der Waals surface area contributed by atoms with Gasteiger partial charge in [-0.25, -0.2) is 4.39 Å². The second kappa shape index (κ2) is 7.89. The lowest BCUT2D eigenvalue weighted by Crippen LogP contribution is -2.31. The van der Waals surface area contributed by atoms with Gasteiger partial charge in [-0.1, -0.05) is 18.2 Å². The number of rotatable bonds is 8. The molecule has 0 unspecified atom stereocenters. The molecule has 0 saturated heterocycles. The second-order valence-electron chi connectivity index (χ2n) is 5.01. The van der Waals surface area contributed by atoms with Crippen LogP contribution in [0.15, 0.2) is 24.3 Å². The predicted molar refractivity (Wildman–Crippen MR) is 73.4 cm³/mol. The van der Waals surface area contributed by atoms with E-state index in [-0.39, 0.29) is 12.2 Å². The summed E-state index contributed by atoms with van der Waals surface area (Å²) in [6.45, 7) is 5.49. The van der Waals surface area contributed by atoms with E-state index in [0.29, 0.717) is 24.6 Å². The molecule has 0 radical (unpaired) electrons. The first-order valence-electron chi connectivity index (χ1n) is 6.70. The number of hydrogen-bond donors (Lipinski definition) is 1. The van der Waals surface area contributed by atoms with E-state index in [0.717, 1.165) is 13.0 Å². The average Bonchev–Trinajstić information content (AvgIpc) is 2.34. The third kappa shape index (κ3) is 5.83. The minimum atomic E-state index is -0.759. The van der Waals surface area contributed by atoms with Gasteiger partial charge in [-0.05, 0) is 39.3 Å². The Labute approximate surface area is 114 Å². The quantitative estimate of drug-likeness (QED) is 0.735. The van der Waals surface area contributed by atoms with E-state index in [1.807, 2.05) is 6.07 Å². The number of carbonyl (C=O) groups is 1. The lowest BCUT2D eigenvalue weighted by atomic mass is 10.1. The van der Waals surface area contributed by atoms with Crippen LogP contribution in [-0.2, 0) is 11.3 Å². The summed E-state index contributed by atoms with van der Waals surface area (Å²) >= 11 is 0. The van der Waals surface area contributed by atoms with Gasteiger partial charge in [0.1, 0.15) is 5.82 Å². The summed E-state index contributed by atoms with van der Waals surface area (Å²) in [6, 6.07) is 7.09. The maximum absolute atomic E-state index is 13.6. The number of carboxylic acids is 1. The molecule has 0 aliphatic carbocycles. The van der Waals surface area contributed by atoms with Gasteiger partial charge >= 0.3 is 5.97 Å². The van der Waals surface area contributed by atoms with Crippen LogP contribution in [0.4, 0.5) is 4.39 Å². The Morgan fingerprint density at radius 2 is 2.00 bits per heavy atom. The van der Waals surface area contributed by atoms with Crippen molar-refractivity contribution >= 4 is 5.97 Å². The summed E-state index contributed by atoms with van der Waals surface area (Å²) in [6.07, 6.45) is 1.68. The van der Waals surface area contributed by atoms with Crippen LogP contribution in [0.25, 0.3) is 0 Å². The van der Waals surface area contributed by atoms with E-state index in [1.54, 1.807) is 12.1 Å². The largest absolute Gasteiger partial charge is 0.481 e. The smallest absolute Gasteiger partial charge is 0.303 e. The fourth-order valence-electron chi connectivity index (χ4n) is 1.96. The van der Waals surface area contributed by atoms with E-state index < -0.39 is 5.97 Å². The number of nitrogens with zero attached hydrogens (tertiary/aromatic N) is 1. The minimum absolute atomic E-state index is 0.182. The monoisotopic (exact) mass is 267 g/mol. The molecule has 0 fully saturated rings. The van der Waals surface area contributed by atoms with Crippen LogP contribution in [0.1, 0.15) is 38.7 Å². The van der Waals surface area contributed by atoms with Crippen LogP contribution in [0.5, 0.6) is 0 Å². The summed E-state index contributed by atoms with van der Waals surface area (Å²) in [5.41, 5.74) is 0.689. The molecule has 3 nitrogen and oxygen atoms in total. The molecule has 0 aliphatic heterocycles. The van der Waals surface area contributed by atoms with Crippen molar-refractivity contribution in [1.82, 2.24) is 4.90 Å². The van der Waals surface area contributed by atoms with Gasteiger partial charge in [0, 0.05) is 24.6 Å². The van der Waals surface area contributed by atoms with Crippen molar-refractivity contribution in [2.45, 2.75) is 45.7 Å². The average molecular weight is 267 g/mol. The lowest BCUT2D eigenvalue weighted by molar-refractivity contribution is -0.137. The van der Waals surface area contributed by atoms with E-state index in [2.05, 4.69) is 18.7 Å². The predicted octanol–water partition coefficient (Wildman–Crippen LogP) is 3.29. The van der Waals surface area contributed by atoms with Crippen LogP contribution in [0.3, 0.4) is 0 Å². The van der Waals surface area contributed by atoms with Crippen LogP contribution < -0.4 is 0 Å². The Kier molecular flexibility index (Phi) is 6.50. The van der Waals surface area contributed by atoms with Gasteiger partial charge in [-0.3, -0.25) is 9.69 Å². The van der Waals surface area contributed by atoms with Crippen molar-refractivity contribution in [1.29, 1.82) is 0 Å². The molecule has 1 N–H and O–H groups in total. The zero-order valence-electron chi connectivity index (χ0n) is 11.6. The summed E-state index contributed by atoms with van der Waals surface area (Å²) in [7, 11) is 0. The lowest BCUT2D eigenvalue weighted by Gasteiger charge is -2.26. The Morgan fingerprint density at radius 1 is 1.32 bits per heavy atom. The number of carboxylic acid groups (broad SMARTS) is 1. The molecule has 1 rings (SSSR count). The Balaban J connectivity index is 2.49. The summed E-state index contributed by atoms with van der Waals surface area (Å²) in [5, 5.41) is 8.60. The van der Waals surface area contributed by atoms with Crippen LogP contribution >= 0.6 is 0 Å². The SMILES string of the molecule is CC(C)N(CCCCC(=O)O)Cc1ccccc1F. The third-order valence-corrected chi connectivity index (χ3v) is 3.15. The van der Waals surface area contributed by atoms with Gasteiger partial charge in [-0.15, -0.1) is 0 Å². The molecule has 0 spiro atoms. The van der Waals surface area contributed by atoms with Crippen LogP contribution in [0, 0.1) is 5.82 Å². The first-order valence-corrected chi connectivity index (χ1v) is 6.70. The number of unbranched alkanes of at least 4 members (excludes halogenated alkanes) is 1. The third-order valence-electron chi connectivity index (χ3n) is 3.15. The van der Waals surface area contributed by atoms with Gasteiger partial charge in [-0.2, -0.15) is 0 Å². The normalized spacial score (nSPS) is 11.2. The van der Waals surface area contributed by atoms with Crippen molar-refractivity contribution in [3.05, 3.63) is 35.6 Å². The van der Waals surface area contributed by atoms with Crippen molar-refractivity contribution in [2.24, 2.45) is 0 Å². The van der Waals surface area contributed by atoms with Gasteiger partial charge in [0.2, 0.25) is 0 Å². The van der Waals surface area contributed by atoms with Gasteiger partial charge in [0.05, 0.1) is 0 Å². The number of aliphatic carboxylic acids is 1. The second-order valence-corrected chi connectivity index (χ2v) is 5.01. The number of halogens is 1. The van der Waals surface area contributed by atoms with E-state index in [1.165, 1.54) is 6.07 Å². The first kappa shape index (κ1) is 15.6.